The summed E-state index contributed by atoms with van der Waals surface area (Å²) in [6.45, 7) is 2.24. The van der Waals surface area contributed by atoms with Crippen molar-refractivity contribution < 1.29 is 13.9 Å². The highest BCUT2D eigenvalue weighted by atomic mass is 19.1. The lowest BCUT2D eigenvalue weighted by atomic mass is 9.88. The fraction of sp³-hybridized carbons (Fsp3) is 0.300. The molecule has 0 heterocycles. The van der Waals surface area contributed by atoms with Crippen molar-refractivity contribution in [2.75, 3.05) is 6.61 Å². The molecule has 3 rings (SSSR count). The SMILES string of the molecule is CCOC(=NC1CCCc2ccccc21)NC(=O)c1ccc(F)cc1. The highest BCUT2D eigenvalue weighted by Gasteiger charge is 2.21. The molecule has 130 valence electrons. The number of nitrogens with one attached hydrogen (secondary N) is 1. The topological polar surface area (TPSA) is 50.7 Å². The van der Waals surface area contributed by atoms with E-state index in [9.17, 15) is 9.18 Å². The average molecular weight is 340 g/mol. The third kappa shape index (κ3) is 4.24. The summed E-state index contributed by atoms with van der Waals surface area (Å²) in [4.78, 5) is 17.0. The molecule has 1 atom stereocenters. The number of amides is 1. The van der Waals surface area contributed by atoms with Crippen molar-refractivity contribution in [1.82, 2.24) is 5.32 Å². The highest BCUT2D eigenvalue weighted by Crippen LogP contribution is 2.32. The van der Waals surface area contributed by atoms with Gasteiger partial charge in [0.25, 0.3) is 11.9 Å². The molecule has 5 heteroatoms. The van der Waals surface area contributed by atoms with Gasteiger partial charge in [0.15, 0.2) is 0 Å². The van der Waals surface area contributed by atoms with E-state index in [1.54, 1.807) is 0 Å². The summed E-state index contributed by atoms with van der Waals surface area (Å²) in [7, 11) is 0. The van der Waals surface area contributed by atoms with Crippen molar-refractivity contribution >= 4 is 11.9 Å². The molecule has 1 unspecified atom stereocenters. The number of nitrogens with zero attached hydrogens (tertiary/aromatic N) is 1. The van der Waals surface area contributed by atoms with Crippen LogP contribution in [0.2, 0.25) is 0 Å². The van der Waals surface area contributed by atoms with Crippen LogP contribution in [0.25, 0.3) is 0 Å². The number of rotatable bonds is 3. The van der Waals surface area contributed by atoms with Gasteiger partial charge in [-0.15, -0.1) is 0 Å². The lowest BCUT2D eigenvalue weighted by molar-refractivity contribution is 0.0966. The number of hydrogen-bond donors (Lipinski definition) is 1. The number of carbonyl (C=O) groups is 1. The zero-order chi connectivity index (χ0) is 17.6. The maximum atomic E-state index is 13.0. The normalized spacial score (nSPS) is 16.9. The molecule has 1 aliphatic carbocycles. The zero-order valence-electron chi connectivity index (χ0n) is 14.2. The maximum absolute atomic E-state index is 13.0. The number of halogens is 1. The van der Waals surface area contributed by atoms with Crippen molar-refractivity contribution in [3.8, 4) is 0 Å². The van der Waals surface area contributed by atoms with Gasteiger partial charge in [-0.1, -0.05) is 24.3 Å². The molecular weight excluding hydrogens is 319 g/mol. The van der Waals surface area contributed by atoms with Gasteiger partial charge in [0.05, 0.1) is 12.6 Å². The Morgan fingerprint density at radius 1 is 1.24 bits per heavy atom. The Morgan fingerprint density at radius 3 is 2.76 bits per heavy atom. The molecule has 0 spiro atoms. The predicted octanol–water partition coefficient (Wildman–Crippen LogP) is 4.03. The molecule has 1 aliphatic rings. The van der Waals surface area contributed by atoms with Gasteiger partial charge in [0.2, 0.25) is 0 Å². The number of carbonyl (C=O) groups excluding carboxylic acids is 1. The van der Waals surface area contributed by atoms with E-state index in [4.69, 9.17) is 4.74 Å². The summed E-state index contributed by atoms with van der Waals surface area (Å²) in [6, 6.07) is 13.8. The van der Waals surface area contributed by atoms with Gasteiger partial charge < -0.3 is 4.74 Å². The van der Waals surface area contributed by atoms with Crippen LogP contribution in [0.15, 0.2) is 53.5 Å². The lowest BCUT2D eigenvalue weighted by Crippen LogP contribution is -2.33. The van der Waals surface area contributed by atoms with E-state index in [0.29, 0.717) is 12.2 Å². The maximum Gasteiger partial charge on any atom is 0.292 e. The minimum atomic E-state index is -0.380. The molecule has 2 aromatic rings. The van der Waals surface area contributed by atoms with E-state index in [1.807, 2.05) is 19.1 Å². The molecule has 25 heavy (non-hydrogen) atoms. The summed E-state index contributed by atoms with van der Waals surface area (Å²) in [5, 5.41) is 2.70. The van der Waals surface area contributed by atoms with E-state index in [2.05, 4.69) is 22.4 Å². The van der Waals surface area contributed by atoms with Gasteiger partial charge >= 0.3 is 0 Å². The van der Waals surface area contributed by atoms with Crippen LogP contribution in [0.1, 0.15) is 47.3 Å². The first-order valence-electron chi connectivity index (χ1n) is 8.52. The monoisotopic (exact) mass is 340 g/mol. The number of amidine groups is 1. The fourth-order valence-corrected chi connectivity index (χ4v) is 3.02. The molecule has 0 aliphatic heterocycles. The molecule has 0 aromatic heterocycles. The molecule has 4 nitrogen and oxygen atoms in total. The molecule has 1 N–H and O–H groups in total. The summed E-state index contributed by atoms with van der Waals surface area (Å²) in [5.41, 5.74) is 2.84. The lowest BCUT2D eigenvalue weighted by Gasteiger charge is -2.23. The first-order valence-corrected chi connectivity index (χ1v) is 8.52. The Hall–Kier alpha value is -2.69. The third-order valence-corrected chi connectivity index (χ3v) is 4.22. The van der Waals surface area contributed by atoms with Gasteiger partial charge in [0, 0.05) is 5.56 Å². The van der Waals surface area contributed by atoms with Gasteiger partial charge in [-0.3, -0.25) is 10.1 Å². The minimum absolute atomic E-state index is 0.0278. The molecular formula is C20H21FN2O2. The first kappa shape index (κ1) is 17.1. The van der Waals surface area contributed by atoms with Crippen molar-refractivity contribution in [2.24, 2.45) is 4.99 Å². The Balaban J connectivity index is 1.80. The molecule has 0 saturated heterocycles. The van der Waals surface area contributed by atoms with E-state index in [-0.39, 0.29) is 23.8 Å². The fourth-order valence-electron chi connectivity index (χ4n) is 3.02. The second-order valence-corrected chi connectivity index (χ2v) is 5.94. The van der Waals surface area contributed by atoms with E-state index in [1.165, 1.54) is 35.4 Å². The van der Waals surface area contributed by atoms with Gasteiger partial charge in [-0.25, -0.2) is 9.38 Å². The van der Waals surface area contributed by atoms with Crippen LogP contribution in [0.3, 0.4) is 0 Å². The molecule has 0 fully saturated rings. The number of ether oxygens (including phenoxy) is 1. The Morgan fingerprint density at radius 2 is 2.00 bits per heavy atom. The van der Waals surface area contributed by atoms with E-state index >= 15 is 0 Å². The standard InChI is InChI=1S/C20H21FN2O2/c1-2-25-20(23-19(24)15-10-12-16(21)13-11-15)22-18-9-5-7-14-6-3-4-8-17(14)18/h3-4,6,8,10-13,18H,2,5,7,9H2,1H3,(H,22,23,24). The van der Waals surface area contributed by atoms with Gasteiger partial charge in [-0.2, -0.15) is 0 Å². The largest absolute Gasteiger partial charge is 0.465 e. The molecule has 0 saturated carbocycles. The van der Waals surface area contributed by atoms with Crippen LogP contribution in [-0.4, -0.2) is 18.5 Å². The van der Waals surface area contributed by atoms with Crippen molar-refractivity contribution in [3.05, 3.63) is 71.0 Å². The Kier molecular flexibility index (Phi) is 5.43. The number of benzene rings is 2. The minimum Gasteiger partial charge on any atom is -0.465 e. The van der Waals surface area contributed by atoms with Crippen LogP contribution in [0, 0.1) is 5.82 Å². The Labute approximate surface area is 146 Å². The smallest absolute Gasteiger partial charge is 0.292 e. The van der Waals surface area contributed by atoms with E-state index in [0.717, 1.165) is 19.3 Å². The summed E-state index contributed by atoms with van der Waals surface area (Å²) in [5.74, 6) is -0.745. The average Bonchev–Trinajstić information content (AvgIpc) is 2.63. The van der Waals surface area contributed by atoms with Crippen molar-refractivity contribution in [3.63, 3.8) is 0 Å². The number of fused-ring (bicyclic) bond motifs is 1. The van der Waals surface area contributed by atoms with Crippen LogP contribution >= 0.6 is 0 Å². The highest BCUT2D eigenvalue weighted by molar-refractivity contribution is 6.04. The number of aryl methyl sites for hydroxylation is 1. The quantitative estimate of drug-likeness (QED) is 0.677. The predicted molar refractivity (Wildman–Crippen MR) is 95.0 cm³/mol. The molecule has 0 bridgehead atoms. The van der Waals surface area contributed by atoms with Crippen molar-refractivity contribution in [1.29, 1.82) is 0 Å². The Bertz CT molecular complexity index is 772. The van der Waals surface area contributed by atoms with E-state index < -0.39 is 0 Å². The third-order valence-electron chi connectivity index (χ3n) is 4.22. The van der Waals surface area contributed by atoms with Crippen LogP contribution in [0.4, 0.5) is 4.39 Å². The van der Waals surface area contributed by atoms with Crippen LogP contribution in [0.5, 0.6) is 0 Å². The summed E-state index contributed by atoms with van der Waals surface area (Å²) < 4.78 is 18.5. The van der Waals surface area contributed by atoms with Gasteiger partial charge in [0.1, 0.15) is 5.82 Å². The van der Waals surface area contributed by atoms with Crippen molar-refractivity contribution in [2.45, 2.75) is 32.2 Å². The van der Waals surface area contributed by atoms with Gasteiger partial charge in [-0.05, 0) is 61.6 Å². The van der Waals surface area contributed by atoms with Crippen LogP contribution in [-0.2, 0) is 11.2 Å². The molecule has 0 radical (unpaired) electrons. The second-order valence-electron chi connectivity index (χ2n) is 5.94. The zero-order valence-corrected chi connectivity index (χ0v) is 14.2. The number of aliphatic imine (C=N–C) groups is 1. The first-order chi connectivity index (χ1) is 12.2. The number of hydrogen-bond acceptors (Lipinski definition) is 3. The molecule has 1 amide bonds. The summed E-state index contributed by atoms with van der Waals surface area (Å²) >= 11 is 0. The van der Waals surface area contributed by atoms with Crippen LogP contribution < -0.4 is 5.32 Å². The second kappa shape index (κ2) is 7.92. The molecule has 2 aromatic carbocycles. The summed E-state index contributed by atoms with van der Waals surface area (Å²) in [6.07, 6.45) is 3.02.